The van der Waals surface area contributed by atoms with Crippen molar-refractivity contribution in [3.05, 3.63) is 36.2 Å². The SMILES string of the molecule is CCC(CO)Nc1nc(Nc2ccccc2C#N)c2ncn(C(C)C)c2n1. The Morgan fingerprint density at radius 2 is 2.04 bits per heavy atom. The number of fused-ring (bicyclic) bond motifs is 1. The summed E-state index contributed by atoms with van der Waals surface area (Å²) in [5.74, 6) is 0.917. The van der Waals surface area contributed by atoms with Crippen LogP contribution in [-0.4, -0.2) is 37.3 Å². The third-order valence-electron chi connectivity index (χ3n) is 4.32. The van der Waals surface area contributed by atoms with Crippen molar-refractivity contribution >= 4 is 28.6 Å². The number of hydrogen-bond acceptors (Lipinski definition) is 7. The smallest absolute Gasteiger partial charge is 0.227 e. The molecule has 0 fully saturated rings. The fraction of sp³-hybridized carbons (Fsp3) is 0.368. The first-order valence-corrected chi connectivity index (χ1v) is 8.95. The molecule has 8 heteroatoms. The molecule has 1 atom stereocenters. The highest BCUT2D eigenvalue weighted by Gasteiger charge is 2.17. The lowest BCUT2D eigenvalue weighted by molar-refractivity contribution is 0.271. The third kappa shape index (κ3) is 3.83. The molecule has 0 saturated carbocycles. The van der Waals surface area contributed by atoms with Gasteiger partial charge in [0.15, 0.2) is 17.0 Å². The highest BCUT2D eigenvalue weighted by atomic mass is 16.3. The fourth-order valence-electron chi connectivity index (χ4n) is 2.72. The summed E-state index contributed by atoms with van der Waals surface area (Å²) in [6.07, 6.45) is 2.47. The van der Waals surface area contributed by atoms with E-state index in [9.17, 15) is 10.4 Å². The molecule has 3 aromatic rings. The number of nitriles is 1. The monoisotopic (exact) mass is 365 g/mol. The molecule has 3 rings (SSSR count). The number of aliphatic hydroxyl groups excluding tert-OH is 1. The van der Waals surface area contributed by atoms with E-state index in [0.29, 0.717) is 34.2 Å². The van der Waals surface area contributed by atoms with E-state index in [1.165, 1.54) is 0 Å². The minimum absolute atomic E-state index is 0.0125. The van der Waals surface area contributed by atoms with Gasteiger partial charge in [-0.05, 0) is 32.4 Å². The second-order valence-corrected chi connectivity index (χ2v) is 6.53. The first-order chi connectivity index (χ1) is 13.1. The summed E-state index contributed by atoms with van der Waals surface area (Å²) in [4.78, 5) is 13.6. The van der Waals surface area contributed by atoms with Gasteiger partial charge in [-0.15, -0.1) is 0 Å². The van der Waals surface area contributed by atoms with Gasteiger partial charge in [0.05, 0.1) is 30.2 Å². The van der Waals surface area contributed by atoms with E-state index in [4.69, 9.17) is 0 Å². The van der Waals surface area contributed by atoms with Crippen molar-refractivity contribution in [1.29, 1.82) is 5.26 Å². The number of aromatic nitrogens is 4. The van der Waals surface area contributed by atoms with Crippen LogP contribution in [0.3, 0.4) is 0 Å². The first kappa shape index (κ1) is 18.6. The zero-order chi connectivity index (χ0) is 19.4. The van der Waals surface area contributed by atoms with Crippen LogP contribution in [-0.2, 0) is 0 Å². The number of imidazole rings is 1. The average molecular weight is 365 g/mol. The van der Waals surface area contributed by atoms with Gasteiger partial charge in [-0.25, -0.2) is 4.98 Å². The molecule has 0 aliphatic carbocycles. The van der Waals surface area contributed by atoms with Gasteiger partial charge in [0.1, 0.15) is 6.07 Å². The van der Waals surface area contributed by atoms with Crippen molar-refractivity contribution in [3.8, 4) is 6.07 Å². The van der Waals surface area contributed by atoms with Crippen LogP contribution in [0.1, 0.15) is 38.8 Å². The molecule has 27 heavy (non-hydrogen) atoms. The number of nitrogens with zero attached hydrogens (tertiary/aromatic N) is 5. The summed E-state index contributed by atoms with van der Waals surface area (Å²) in [5.41, 5.74) is 2.48. The maximum Gasteiger partial charge on any atom is 0.227 e. The van der Waals surface area contributed by atoms with Gasteiger partial charge in [-0.2, -0.15) is 15.2 Å². The summed E-state index contributed by atoms with van der Waals surface area (Å²) in [6.45, 7) is 6.07. The van der Waals surface area contributed by atoms with Crippen LogP contribution in [0.25, 0.3) is 11.2 Å². The Morgan fingerprint density at radius 3 is 2.70 bits per heavy atom. The van der Waals surface area contributed by atoms with Crippen LogP contribution < -0.4 is 10.6 Å². The molecule has 2 heterocycles. The molecule has 0 bridgehead atoms. The van der Waals surface area contributed by atoms with E-state index in [1.54, 1.807) is 12.4 Å². The average Bonchev–Trinajstić information content (AvgIpc) is 3.11. The molecule has 140 valence electrons. The van der Waals surface area contributed by atoms with Crippen LogP contribution in [0.2, 0.25) is 0 Å². The molecular weight excluding hydrogens is 342 g/mol. The Bertz CT molecular complexity index is 970. The number of aliphatic hydroxyl groups is 1. The number of hydrogen-bond donors (Lipinski definition) is 3. The minimum Gasteiger partial charge on any atom is -0.394 e. The van der Waals surface area contributed by atoms with E-state index in [-0.39, 0.29) is 18.7 Å². The van der Waals surface area contributed by atoms with E-state index in [0.717, 1.165) is 6.42 Å². The lowest BCUT2D eigenvalue weighted by atomic mass is 10.2. The summed E-state index contributed by atoms with van der Waals surface area (Å²) >= 11 is 0. The van der Waals surface area contributed by atoms with Crippen molar-refractivity contribution in [1.82, 2.24) is 19.5 Å². The molecule has 8 nitrogen and oxygen atoms in total. The van der Waals surface area contributed by atoms with E-state index < -0.39 is 0 Å². The second-order valence-electron chi connectivity index (χ2n) is 6.53. The van der Waals surface area contributed by atoms with Gasteiger partial charge in [-0.1, -0.05) is 19.1 Å². The zero-order valence-corrected chi connectivity index (χ0v) is 15.6. The third-order valence-corrected chi connectivity index (χ3v) is 4.32. The van der Waals surface area contributed by atoms with Gasteiger partial charge in [0, 0.05) is 6.04 Å². The molecule has 3 N–H and O–H groups in total. The molecule has 0 spiro atoms. The molecule has 0 saturated heterocycles. The standard InChI is InChI=1S/C19H23N7O/c1-4-14(10-27)22-19-24-17(23-15-8-6-5-7-13(15)9-20)16-18(25-19)26(11-21-16)12(2)3/h5-8,11-12,14,27H,4,10H2,1-3H3,(H2,22,23,24,25). The topological polar surface area (TPSA) is 112 Å². The van der Waals surface area contributed by atoms with E-state index in [2.05, 4.69) is 45.5 Å². The largest absolute Gasteiger partial charge is 0.394 e. The van der Waals surface area contributed by atoms with Crippen LogP contribution in [0.5, 0.6) is 0 Å². The number of rotatable bonds is 7. The first-order valence-electron chi connectivity index (χ1n) is 8.95. The molecule has 2 aromatic heterocycles. The maximum atomic E-state index is 9.49. The van der Waals surface area contributed by atoms with Crippen LogP contribution in [0, 0.1) is 11.3 Å². The molecule has 0 radical (unpaired) electrons. The van der Waals surface area contributed by atoms with Crippen molar-refractivity contribution < 1.29 is 5.11 Å². The highest BCUT2D eigenvalue weighted by Crippen LogP contribution is 2.27. The molecule has 0 aliphatic rings. The highest BCUT2D eigenvalue weighted by molar-refractivity contribution is 5.87. The lowest BCUT2D eigenvalue weighted by Gasteiger charge is -2.16. The van der Waals surface area contributed by atoms with Crippen molar-refractivity contribution in [3.63, 3.8) is 0 Å². The number of para-hydroxylation sites is 1. The Morgan fingerprint density at radius 1 is 1.26 bits per heavy atom. The van der Waals surface area contributed by atoms with Gasteiger partial charge >= 0.3 is 0 Å². The summed E-state index contributed by atoms with van der Waals surface area (Å²) in [5, 5.41) is 25.2. The molecule has 0 amide bonds. The van der Waals surface area contributed by atoms with E-state index >= 15 is 0 Å². The molecule has 1 aromatic carbocycles. The molecular formula is C19H23N7O. The quantitative estimate of drug-likeness (QED) is 0.589. The Balaban J connectivity index is 2.10. The lowest BCUT2D eigenvalue weighted by Crippen LogP contribution is -2.24. The maximum absolute atomic E-state index is 9.49. The molecule has 1 unspecified atom stereocenters. The van der Waals surface area contributed by atoms with Crippen molar-refractivity contribution in [2.45, 2.75) is 39.3 Å². The van der Waals surface area contributed by atoms with Gasteiger partial charge in [0.25, 0.3) is 0 Å². The number of nitrogens with one attached hydrogen (secondary N) is 2. The minimum atomic E-state index is -0.142. The Labute approximate surface area is 157 Å². The predicted molar refractivity (Wildman–Crippen MR) is 105 cm³/mol. The summed E-state index contributed by atoms with van der Waals surface area (Å²) in [7, 11) is 0. The normalized spacial score (nSPS) is 12.1. The Hall–Kier alpha value is -3.18. The van der Waals surface area contributed by atoms with Crippen LogP contribution in [0.4, 0.5) is 17.5 Å². The van der Waals surface area contributed by atoms with Gasteiger partial charge in [0.2, 0.25) is 5.95 Å². The number of anilines is 3. The summed E-state index contributed by atoms with van der Waals surface area (Å²) in [6, 6.07) is 9.44. The van der Waals surface area contributed by atoms with Crippen LogP contribution >= 0.6 is 0 Å². The molecule has 0 aliphatic heterocycles. The van der Waals surface area contributed by atoms with Gasteiger partial charge < -0.3 is 20.3 Å². The summed E-state index contributed by atoms with van der Waals surface area (Å²) < 4.78 is 1.96. The van der Waals surface area contributed by atoms with Gasteiger partial charge in [-0.3, -0.25) is 0 Å². The van der Waals surface area contributed by atoms with E-state index in [1.807, 2.05) is 29.7 Å². The predicted octanol–water partition coefficient (Wildman–Crippen LogP) is 3.21. The number of benzene rings is 1. The van der Waals surface area contributed by atoms with Crippen molar-refractivity contribution in [2.75, 3.05) is 17.2 Å². The second kappa shape index (κ2) is 8.01. The zero-order valence-electron chi connectivity index (χ0n) is 15.6. The van der Waals surface area contributed by atoms with Crippen molar-refractivity contribution in [2.24, 2.45) is 0 Å². The fourth-order valence-corrected chi connectivity index (χ4v) is 2.72. The Kier molecular flexibility index (Phi) is 5.52. The van der Waals surface area contributed by atoms with Crippen LogP contribution in [0.15, 0.2) is 30.6 Å².